The summed E-state index contributed by atoms with van der Waals surface area (Å²) >= 11 is 0. The van der Waals surface area contributed by atoms with Crippen LogP contribution in [0.3, 0.4) is 0 Å². The normalized spacial score (nSPS) is 15.3. The van der Waals surface area contributed by atoms with E-state index < -0.39 is 12.3 Å². The molecule has 2 rings (SSSR count). The first kappa shape index (κ1) is 17.6. The van der Waals surface area contributed by atoms with Crippen LogP contribution in [0.2, 0.25) is 0 Å². The molecule has 0 aliphatic carbocycles. The van der Waals surface area contributed by atoms with Crippen molar-refractivity contribution in [2.24, 2.45) is 5.92 Å². The molecule has 0 heterocycles. The average molecular weight is 315 g/mol. The first-order valence-electron chi connectivity index (χ1n) is 8.18. The zero-order chi connectivity index (χ0) is 16.7. The summed E-state index contributed by atoms with van der Waals surface area (Å²) in [5.41, 5.74) is 2.44. The fraction of sp³-hybridized carbons (Fsp3) is 0.400. The van der Waals surface area contributed by atoms with E-state index in [-0.39, 0.29) is 5.92 Å². The van der Waals surface area contributed by atoms with Crippen molar-refractivity contribution < 1.29 is 9.50 Å². The minimum Gasteiger partial charge on any atom is -0.390 e. The van der Waals surface area contributed by atoms with Crippen LogP contribution >= 0.6 is 0 Å². The lowest BCUT2D eigenvalue weighted by Crippen LogP contribution is -2.36. The molecule has 2 aromatic rings. The van der Waals surface area contributed by atoms with Crippen molar-refractivity contribution in [3.63, 3.8) is 0 Å². The number of aliphatic hydroxyl groups is 1. The van der Waals surface area contributed by atoms with Crippen molar-refractivity contribution in [1.82, 2.24) is 4.90 Å². The van der Waals surface area contributed by atoms with Gasteiger partial charge in [0.1, 0.15) is 6.17 Å². The third-order valence-electron chi connectivity index (χ3n) is 4.10. The largest absolute Gasteiger partial charge is 0.390 e. The van der Waals surface area contributed by atoms with Crippen molar-refractivity contribution in [1.29, 1.82) is 0 Å². The van der Waals surface area contributed by atoms with Crippen LogP contribution in [0.25, 0.3) is 0 Å². The predicted octanol–water partition coefficient (Wildman–Crippen LogP) is 4.04. The Labute approximate surface area is 138 Å². The van der Waals surface area contributed by atoms with E-state index in [1.54, 1.807) is 0 Å². The van der Waals surface area contributed by atoms with Gasteiger partial charge in [-0.2, -0.15) is 0 Å². The fourth-order valence-corrected chi connectivity index (χ4v) is 2.84. The van der Waals surface area contributed by atoms with E-state index in [4.69, 9.17) is 0 Å². The SMILES string of the molecule is CC(CN(Cc1ccccc1)Cc1ccccc1)C(O)[C@@H](C)F. The number of hydrogen-bond donors (Lipinski definition) is 1. The van der Waals surface area contributed by atoms with Crippen molar-refractivity contribution in [2.45, 2.75) is 39.2 Å². The Balaban J connectivity index is 2.07. The topological polar surface area (TPSA) is 23.5 Å². The maximum Gasteiger partial charge on any atom is 0.123 e. The summed E-state index contributed by atoms with van der Waals surface area (Å²) < 4.78 is 13.4. The highest BCUT2D eigenvalue weighted by Gasteiger charge is 2.23. The lowest BCUT2D eigenvalue weighted by Gasteiger charge is -2.29. The molecule has 2 nitrogen and oxygen atoms in total. The van der Waals surface area contributed by atoms with Gasteiger partial charge in [-0.05, 0) is 24.0 Å². The van der Waals surface area contributed by atoms with Gasteiger partial charge in [-0.1, -0.05) is 67.6 Å². The maximum atomic E-state index is 13.4. The molecule has 0 spiro atoms. The van der Waals surface area contributed by atoms with Gasteiger partial charge >= 0.3 is 0 Å². The second-order valence-corrected chi connectivity index (χ2v) is 6.29. The Morgan fingerprint density at radius 3 is 1.70 bits per heavy atom. The molecule has 1 N–H and O–H groups in total. The van der Waals surface area contributed by atoms with Crippen LogP contribution in [-0.4, -0.2) is 28.8 Å². The highest BCUT2D eigenvalue weighted by atomic mass is 19.1. The van der Waals surface area contributed by atoms with Gasteiger partial charge in [0.2, 0.25) is 0 Å². The average Bonchev–Trinajstić information content (AvgIpc) is 2.55. The quantitative estimate of drug-likeness (QED) is 0.794. The molecule has 0 aliphatic heterocycles. The van der Waals surface area contributed by atoms with Gasteiger partial charge in [0, 0.05) is 19.6 Å². The standard InChI is InChI=1S/C20H26FNO/c1-16(20(23)17(2)21)13-22(14-18-9-5-3-6-10-18)15-19-11-7-4-8-12-19/h3-12,16-17,20,23H,13-15H2,1-2H3/t16?,17-,20?/m1/s1. The number of hydrogen-bond acceptors (Lipinski definition) is 2. The van der Waals surface area contributed by atoms with Gasteiger partial charge in [-0.3, -0.25) is 4.90 Å². The Kier molecular flexibility index (Phi) is 6.75. The molecule has 0 radical (unpaired) electrons. The minimum absolute atomic E-state index is 0.123. The van der Waals surface area contributed by atoms with E-state index in [0.29, 0.717) is 6.54 Å². The highest BCUT2D eigenvalue weighted by Crippen LogP contribution is 2.16. The van der Waals surface area contributed by atoms with Crippen molar-refractivity contribution in [3.05, 3.63) is 71.8 Å². The summed E-state index contributed by atoms with van der Waals surface area (Å²) in [6.07, 6.45) is -2.13. The Bertz CT molecular complexity index is 517. The van der Waals surface area contributed by atoms with Crippen LogP contribution in [0.15, 0.2) is 60.7 Å². The van der Waals surface area contributed by atoms with Crippen LogP contribution in [0, 0.1) is 5.92 Å². The number of benzene rings is 2. The maximum absolute atomic E-state index is 13.4. The molecule has 0 fully saturated rings. The van der Waals surface area contributed by atoms with Gasteiger partial charge < -0.3 is 5.11 Å². The fourth-order valence-electron chi connectivity index (χ4n) is 2.84. The molecule has 0 saturated heterocycles. The molecule has 0 aromatic heterocycles. The Hall–Kier alpha value is -1.71. The van der Waals surface area contributed by atoms with E-state index in [2.05, 4.69) is 29.2 Å². The monoisotopic (exact) mass is 315 g/mol. The molecule has 3 heteroatoms. The van der Waals surface area contributed by atoms with E-state index in [9.17, 15) is 9.50 Å². The second-order valence-electron chi connectivity index (χ2n) is 6.29. The van der Waals surface area contributed by atoms with E-state index in [1.807, 2.05) is 43.3 Å². The summed E-state index contributed by atoms with van der Waals surface area (Å²) in [5.74, 6) is -0.123. The van der Waals surface area contributed by atoms with Gasteiger partial charge in [-0.15, -0.1) is 0 Å². The number of halogens is 1. The number of aliphatic hydroxyl groups excluding tert-OH is 1. The highest BCUT2D eigenvalue weighted by molar-refractivity contribution is 5.17. The minimum atomic E-state index is -1.21. The third-order valence-corrected chi connectivity index (χ3v) is 4.10. The predicted molar refractivity (Wildman–Crippen MR) is 92.7 cm³/mol. The lowest BCUT2D eigenvalue weighted by atomic mass is 10.00. The zero-order valence-electron chi connectivity index (χ0n) is 13.9. The number of rotatable bonds is 8. The van der Waals surface area contributed by atoms with Crippen LogP contribution in [0.5, 0.6) is 0 Å². The smallest absolute Gasteiger partial charge is 0.123 e. The van der Waals surface area contributed by atoms with E-state index in [0.717, 1.165) is 13.1 Å². The van der Waals surface area contributed by atoms with Crippen molar-refractivity contribution >= 4 is 0 Å². The molecule has 23 heavy (non-hydrogen) atoms. The molecule has 0 aliphatic rings. The molecule has 2 aromatic carbocycles. The van der Waals surface area contributed by atoms with Crippen molar-refractivity contribution in [2.75, 3.05) is 6.54 Å². The zero-order valence-corrected chi connectivity index (χ0v) is 13.9. The molecule has 0 saturated carbocycles. The number of nitrogens with zero attached hydrogens (tertiary/aromatic N) is 1. The van der Waals surface area contributed by atoms with Crippen molar-refractivity contribution in [3.8, 4) is 0 Å². The van der Waals surface area contributed by atoms with Gasteiger partial charge in [0.25, 0.3) is 0 Å². The summed E-state index contributed by atoms with van der Waals surface area (Å²) in [6.45, 7) is 5.55. The summed E-state index contributed by atoms with van der Waals surface area (Å²) in [7, 11) is 0. The van der Waals surface area contributed by atoms with Gasteiger partial charge in [0.15, 0.2) is 0 Å². The summed E-state index contributed by atoms with van der Waals surface area (Å²) in [4.78, 5) is 2.26. The van der Waals surface area contributed by atoms with Crippen LogP contribution < -0.4 is 0 Å². The molecular formula is C20H26FNO. The Morgan fingerprint density at radius 1 is 0.870 bits per heavy atom. The summed E-state index contributed by atoms with van der Waals surface area (Å²) in [5, 5.41) is 9.97. The van der Waals surface area contributed by atoms with E-state index >= 15 is 0 Å². The molecular weight excluding hydrogens is 289 g/mol. The van der Waals surface area contributed by atoms with Crippen LogP contribution in [0.1, 0.15) is 25.0 Å². The first-order valence-corrected chi connectivity index (χ1v) is 8.18. The van der Waals surface area contributed by atoms with Crippen LogP contribution in [0.4, 0.5) is 4.39 Å². The van der Waals surface area contributed by atoms with E-state index in [1.165, 1.54) is 18.1 Å². The van der Waals surface area contributed by atoms with Crippen LogP contribution in [-0.2, 0) is 13.1 Å². The Morgan fingerprint density at radius 2 is 1.30 bits per heavy atom. The number of alkyl halides is 1. The molecule has 0 bridgehead atoms. The van der Waals surface area contributed by atoms with Gasteiger partial charge in [0.05, 0.1) is 6.10 Å². The molecule has 3 atom stereocenters. The lowest BCUT2D eigenvalue weighted by molar-refractivity contribution is 0.0262. The molecule has 0 amide bonds. The molecule has 124 valence electrons. The second kappa shape index (κ2) is 8.80. The summed E-state index contributed by atoms with van der Waals surface area (Å²) in [6, 6.07) is 20.5. The van der Waals surface area contributed by atoms with Gasteiger partial charge in [-0.25, -0.2) is 4.39 Å². The third kappa shape index (κ3) is 5.77. The first-order chi connectivity index (χ1) is 11.1. The molecule has 2 unspecified atom stereocenters.